The molecule has 0 N–H and O–H groups in total. The highest BCUT2D eigenvalue weighted by Crippen LogP contribution is 2.37. The maximum Gasteiger partial charge on any atom is 0.349 e. The Labute approximate surface area is 119 Å². The summed E-state index contributed by atoms with van der Waals surface area (Å²) in [5.41, 5.74) is -1.05. The van der Waals surface area contributed by atoms with Crippen molar-refractivity contribution in [3.8, 4) is 5.75 Å². The fourth-order valence-electron chi connectivity index (χ4n) is 1.52. The number of nitrogens with zero attached hydrogens (tertiary/aromatic N) is 1. The molecule has 0 fully saturated rings. The van der Waals surface area contributed by atoms with Crippen LogP contribution < -0.4 is 4.74 Å². The average Bonchev–Trinajstić information content (AvgIpc) is 2.32. The fourth-order valence-corrected chi connectivity index (χ4v) is 1.84. The van der Waals surface area contributed by atoms with Crippen LogP contribution in [-0.2, 0) is 9.53 Å². The first kappa shape index (κ1) is 15.4. The van der Waals surface area contributed by atoms with Gasteiger partial charge in [0.25, 0.3) is 0 Å². The van der Waals surface area contributed by atoms with Crippen molar-refractivity contribution in [1.29, 1.82) is 0 Å². The number of carbonyl (C=O) groups excluding carboxylic acids is 1. The predicted octanol–water partition coefficient (Wildman–Crippen LogP) is 3.00. The highest BCUT2D eigenvalue weighted by atomic mass is 79.9. The molecule has 104 valence electrons. The number of methoxy groups -OCH3 is 1. The quantitative estimate of drug-likeness (QED) is 0.481. The van der Waals surface area contributed by atoms with E-state index in [1.165, 1.54) is 27.0 Å². The number of halogens is 1. The van der Waals surface area contributed by atoms with Crippen LogP contribution in [0.3, 0.4) is 0 Å². The molecule has 1 aromatic rings. The first-order valence-electron chi connectivity index (χ1n) is 5.41. The van der Waals surface area contributed by atoms with Crippen molar-refractivity contribution in [3.63, 3.8) is 0 Å². The summed E-state index contributed by atoms with van der Waals surface area (Å²) in [6.45, 7) is 4.57. The molecule has 0 saturated carbocycles. The molecule has 0 aliphatic carbocycles. The molecule has 0 radical (unpaired) electrons. The number of carbonyl (C=O) groups is 1. The lowest BCUT2D eigenvalue weighted by Crippen LogP contribution is -2.39. The monoisotopic (exact) mass is 331 g/mol. The van der Waals surface area contributed by atoms with Crippen molar-refractivity contribution in [2.45, 2.75) is 26.4 Å². The fraction of sp³-hybridized carbons (Fsp3) is 0.417. The summed E-state index contributed by atoms with van der Waals surface area (Å²) in [6.07, 6.45) is 0. The van der Waals surface area contributed by atoms with Crippen molar-refractivity contribution >= 4 is 27.6 Å². The van der Waals surface area contributed by atoms with E-state index in [0.29, 0.717) is 10.0 Å². The Morgan fingerprint density at radius 3 is 2.47 bits per heavy atom. The SMILES string of the molecule is COC(=O)C(C)(C)Oc1ccc(Br)c(C)c1[N+](=O)[O-]. The maximum absolute atomic E-state index is 11.5. The van der Waals surface area contributed by atoms with Gasteiger partial charge >= 0.3 is 11.7 Å². The average molecular weight is 332 g/mol. The highest BCUT2D eigenvalue weighted by Gasteiger charge is 2.34. The third-order valence-corrected chi connectivity index (χ3v) is 3.41. The Kier molecular flexibility index (Phi) is 4.52. The predicted molar refractivity (Wildman–Crippen MR) is 72.3 cm³/mol. The van der Waals surface area contributed by atoms with Gasteiger partial charge in [0.05, 0.1) is 12.0 Å². The Balaban J connectivity index is 3.26. The number of ether oxygens (including phenoxy) is 2. The van der Waals surface area contributed by atoms with E-state index in [-0.39, 0.29) is 11.4 Å². The van der Waals surface area contributed by atoms with Crippen LogP contribution in [0.15, 0.2) is 16.6 Å². The van der Waals surface area contributed by atoms with E-state index in [0.717, 1.165) is 0 Å². The maximum atomic E-state index is 11.5. The summed E-state index contributed by atoms with van der Waals surface area (Å²) in [5.74, 6) is -0.580. The molecule has 1 rings (SSSR count). The van der Waals surface area contributed by atoms with Gasteiger partial charge in [-0.25, -0.2) is 4.79 Å². The van der Waals surface area contributed by atoms with E-state index in [4.69, 9.17) is 4.74 Å². The second-order valence-corrected chi connectivity index (χ2v) is 5.23. The molecular weight excluding hydrogens is 318 g/mol. The minimum atomic E-state index is -1.31. The third kappa shape index (κ3) is 3.23. The molecule has 0 heterocycles. The molecule has 0 amide bonds. The standard InChI is InChI=1S/C12H14BrNO5/c1-7-8(13)5-6-9(10(7)14(16)17)19-12(2,3)11(15)18-4/h5-6H,1-4H3. The summed E-state index contributed by atoms with van der Waals surface area (Å²) in [7, 11) is 1.23. The number of nitro benzene ring substituents is 1. The molecule has 0 aliphatic rings. The minimum absolute atomic E-state index is 0.0288. The lowest BCUT2D eigenvalue weighted by molar-refractivity contribution is -0.386. The zero-order valence-corrected chi connectivity index (χ0v) is 12.6. The zero-order valence-electron chi connectivity index (χ0n) is 11.0. The Bertz CT molecular complexity index is 527. The molecule has 0 atom stereocenters. The summed E-state index contributed by atoms with van der Waals surface area (Å²) >= 11 is 3.22. The topological polar surface area (TPSA) is 78.7 Å². The molecule has 0 aliphatic heterocycles. The molecule has 0 saturated heterocycles. The smallest absolute Gasteiger partial charge is 0.349 e. The molecule has 0 unspecified atom stereocenters. The molecule has 6 nitrogen and oxygen atoms in total. The number of hydrogen-bond donors (Lipinski definition) is 0. The summed E-state index contributed by atoms with van der Waals surface area (Å²) < 4.78 is 10.6. The van der Waals surface area contributed by atoms with Gasteiger partial charge in [-0.15, -0.1) is 0 Å². The van der Waals surface area contributed by atoms with E-state index >= 15 is 0 Å². The van der Waals surface area contributed by atoms with Gasteiger partial charge in [-0.2, -0.15) is 0 Å². The minimum Gasteiger partial charge on any atom is -0.469 e. The lowest BCUT2D eigenvalue weighted by Gasteiger charge is -2.23. The Morgan fingerprint density at radius 1 is 1.42 bits per heavy atom. The van der Waals surface area contributed by atoms with Gasteiger partial charge in [0.1, 0.15) is 0 Å². The molecule has 0 aromatic heterocycles. The molecule has 19 heavy (non-hydrogen) atoms. The van der Waals surface area contributed by atoms with Crippen molar-refractivity contribution in [2.24, 2.45) is 0 Å². The number of esters is 1. The lowest BCUT2D eigenvalue weighted by atomic mass is 10.1. The van der Waals surface area contributed by atoms with Gasteiger partial charge < -0.3 is 9.47 Å². The largest absolute Gasteiger partial charge is 0.469 e. The van der Waals surface area contributed by atoms with E-state index < -0.39 is 16.5 Å². The number of hydrogen-bond acceptors (Lipinski definition) is 5. The van der Waals surface area contributed by atoms with Crippen molar-refractivity contribution in [3.05, 3.63) is 32.3 Å². The first-order chi connectivity index (χ1) is 8.70. The van der Waals surface area contributed by atoms with Crippen LogP contribution in [0.4, 0.5) is 5.69 Å². The van der Waals surface area contributed by atoms with Crippen LogP contribution in [-0.4, -0.2) is 23.6 Å². The van der Waals surface area contributed by atoms with Crippen LogP contribution >= 0.6 is 15.9 Å². The zero-order chi connectivity index (χ0) is 14.8. The number of rotatable bonds is 4. The Morgan fingerprint density at radius 2 is 2.00 bits per heavy atom. The molecule has 1 aromatic carbocycles. The van der Waals surface area contributed by atoms with E-state index in [1.807, 2.05) is 0 Å². The molecule has 0 spiro atoms. The van der Waals surface area contributed by atoms with Crippen LogP contribution in [0.25, 0.3) is 0 Å². The van der Waals surface area contributed by atoms with E-state index in [1.54, 1.807) is 13.0 Å². The van der Waals surface area contributed by atoms with E-state index in [2.05, 4.69) is 20.7 Å². The summed E-state index contributed by atoms with van der Waals surface area (Å²) in [5, 5.41) is 11.1. The summed E-state index contributed by atoms with van der Waals surface area (Å²) in [4.78, 5) is 22.1. The van der Waals surface area contributed by atoms with Crippen LogP contribution in [0, 0.1) is 17.0 Å². The number of benzene rings is 1. The summed E-state index contributed by atoms with van der Waals surface area (Å²) in [6, 6.07) is 3.07. The van der Waals surface area contributed by atoms with Crippen LogP contribution in [0.1, 0.15) is 19.4 Å². The number of nitro groups is 1. The normalized spacial score (nSPS) is 11.0. The third-order valence-electron chi connectivity index (χ3n) is 2.55. The molecule has 7 heteroatoms. The van der Waals surface area contributed by atoms with Gasteiger partial charge in [0.2, 0.25) is 5.60 Å². The van der Waals surface area contributed by atoms with Crippen molar-refractivity contribution < 1.29 is 19.2 Å². The van der Waals surface area contributed by atoms with Crippen molar-refractivity contribution in [1.82, 2.24) is 0 Å². The highest BCUT2D eigenvalue weighted by molar-refractivity contribution is 9.10. The van der Waals surface area contributed by atoms with Gasteiger partial charge in [-0.3, -0.25) is 10.1 Å². The van der Waals surface area contributed by atoms with Gasteiger partial charge in [-0.1, -0.05) is 15.9 Å². The van der Waals surface area contributed by atoms with E-state index in [9.17, 15) is 14.9 Å². The molecule has 0 bridgehead atoms. The van der Waals surface area contributed by atoms with Crippen LogP contribution in [0.2, 0.25) is 0 Å². The van der Waals surface area contributed by atoms with Gasteiger partial charge in [0, 0.05) is 10.0 Å². The molecular formula is C12H14BrNO5. The Hall–Kier alpha value is -1.63. The first-order valence-corrected chi connectivity index (χ1v) is 6.21. The van der Waals surface area contributed by atoms with Crippen LogP contribution in [0.5, 0.6) is 5.75 Å². The van der Waals surface area contributed by atoms with Crippen molar-refractivity contribution in [2.75, 3.05) is 7.11 Å². The van der Waals surface area contributed by atoms with Gasteiger partial charge in [-0.05, 0) is 32.9 Å². The second-order valence-electron chi connectivity index (χ2n) is 4.38. The van der Waals surface area contributed by atoms with Gasteiger partial charge in [0.15, 0.2) is 5.75 Å². The second kappa shape index (κ2) is 5.56.